The molecule has 0 aliphatic carbocycles. The first kappa shape index (κ1) is 14.2. The standard InChI is InChI=1S/C15H22ClNS/c1-13-5-2-3-10-17(13)11-4-12-18-15-8-6-14(16)7-9-15/h6-9,13H,2-5,10-12H2,1H3. The van der Waals surface area contributed by atoms with E-state index < -0.39 is 0 Å². The molecule has 1 aromatic carbocycles. The lowest BCUT2D eigenvalue weighted by molar-refractivity contribution is 0.161. The minimum Gasteiger partial charge on any atom is -0.301 e. The topological polar surface area (TPSA) is 3.24 Å². The van der Waals surface area contributed by atoms with Gasteiger partial charge in [0.15, 0.2) is 0 Å². The molecule has 18 heavy (non-hydrogen) atoms. The first-order valence-electron chi connectivity index (χ1n) is 6.88. The fourth-order valence-corrected chi connectivity index (χ4v) is 3.44. The van der Waals surface area contributed by atoms with Crippen molar-refractivity contribution in [3.63, 3.8) is 0 Å². The van der Waals surface area contributed by atoms with Gasteiger partial charge in [0.05, 0.1) is 0 Å². The third-order valence-electron chi connectivity index (χ3n) is 3.61. The van der Waals surface area contributed by atoms with Crippen LogP contribution in [-0.4, -0.2) is 29.8 Å². The molecular weight excluding hydrogens is 262 g/mol. The van der Waals surface area contributed by atoms with E-state index >= 15 is 0 Å². The van der Waals surface area contributed by atoms with E-state index in [-0.39, 0.29) is 0 Å². The summed E-state index contributed by atoms with van der Waals surface area (Å²) in [7, 11) is 0. The Hall–Kier alpha value is -0.180. The van der Waals surface area contributed by atoms with Crippen molar-refractivity contribution in [2.45, 2.75) is 43.5 Å². The SMILES string of the molecule is CC1CCCCN1CCCSc1ccc(Cl)cc1. The molecule has 1 unspecified atom stereocenters. The van der Waals surface area contributed by atoms with E-state index in [0.717, 1.165) is 11.1 Å². The largest absolute Gasteiger partial charge is 0.301 e. The van der Waals surface area contributed by atoms with Crippen LogP contribution in [0, 0.1) is 0 Å². The van der Waals surface area contributed by atoms with Gasteiger partial charge in [-0.25, -0.2) is 0 Å². The summed E-state index contributed by atoms with van der Waals surface area (Å²) < 4.78 is 0. The fourth-order valence-electron chi connectivity index (χ4n) is 2.48. The van der Waals surface area contributed by atoms with Crippen LogP contribution >= 0.6 is 23.4 Å². The Morgan fingerprint density at radius 1 is 1.28 bits per heavy atom. The number of thioether (sulfide) groups is 1. The van der Waals surface area contributed by atoms with E-state index in [0.29, 0.717) is 0 Å². The van der Waals surface area contributed by atoms with E-state index in [1.54, 1.807) is 0 Å². The number of halogens is 1. The molecule has 0 amide bonds. The van der Waals surface area contributed by atoms with Crippen molar-refractivity contribution < 1.29 is 0 Å². The molecule has 1 saturated heterocycles. The van der Waals surface area contributed by atoms with Gasteiger partial charge in [0.1, 0.15) is 0 Å². The van der Waals surface area contributed by atoms with Crippen molar-refractivity contribution in [2.75, 3.05) is 18.8 Å². The Labute approximate surface area is 120 Å². The van der Waals surface area contributed by atoms with Crippen LogP contribution in [-0.2, 0) is 0 Å². The van der Waals surface area contributed by atoms with E-state index in [1.807, 2.05) is 23.9 Å². The number of hydrogen-bond donors (Lipinski definition) is 0. The second-order valence-electron chi connectivity index (χ2n) is 5.04. The number of hydrogen-bond acceptors (Lipinski definition) is 2. The summed E-state index contributed by atoms with van der Waals surface area (Å²) in [5, 5.41) is 0.821. The highest BCUT2D eigenvalue weighted by molar-refractivity contribution is 7.99. The second-order valence-corrected chi connectivity index (χ2v) is 6.64. The molecule has 0 spiro atoms. The lowest BCUT2D eigenvalue weighted by atomic mass is 10.0. The summed E-state index contributed by atoms with van der Waals surface area (Å²) in [6.07, 6.45) is 5.45. The van der Waals surface area contributed by atoms with Gasteiger partial charge in [-0.2, -0.15) is 0 Å². The number of piperidine rings is 1. The van der Waals surface area contributed by atoms with Crippen LogP contribution in [0.15, 0.2) is 29.2 Å². The van der Waals surface area contributed by atoms with E-state index in [1.165, 1.54) is 49.4 Å². The molecule has 0 N–H and O–H groups in total. The van der Waals surface area contributed by atoms with Gasteiger partial charge in [0, 0.05) is 16.0 Å². The van der Waals surface area contributed by atoms with Gasteiger partial charge < -0.3 is 4.90 Å². The molecule has 1 fully saturated rings. The number of rotatable bonds is 5. The van der Waals surface area contributed by atoms with Gasteiger partial charge in [-0.05, 0) is 69.3 Å². The molecule has 0 radical (unpaired) electrons. The molecule has 1 heterocycles. The second kappa shape index (κ2) is 7.42. The zero-order valence-electron chi connectivity index (χ0n) is 11.1. The van der Waals surface area contributed by atoms with Gasteiger partial charge >= 0.3 is 0 Å². The quantitative estimate of drug-likeness (QED) is 0.569. The monoisotopic (exact) mass is 283 g/mol. The van der Waals surface area contributed by atoms with E-state index in [4.69, 9.17) is 11.6 Å². The van der Waals surface area contributed by atoms with Crippen molar-refractivity contribution in [2.24, 2.45) is 0 Å². The van der Waals surface area contributed by atoms with Crippen LogP contribution in [0.25, 0.3) is 0 Å². The molecule has 100 valence electrons. The van der Waals surface area contributed by atoms with Gasteiger partial charge in [-0.1, -0.05) is 18.0 Å². The highest BCUT2D eigenvalue weighted by Crippen LogP contribution is 2.22. The van der Waals surface area contributed by atoms with Crippen LogP contribution in [0.1, 0.15) is 32.6 Å². The molecule has 1 nitrogen and oxygen atoms in total. The lowest BCUT2D eigenvalue weighted by Crippen LogP contribution is -2.38. The number of benzene rings is 1. The van der Waals surface area contributed by atoms with Crippen LogP contribution in [0.5, 0.6) is 0 Å². The minimum atomic E-state index is 0.791. The molecule has 2 rings (SSSR count). The van der Waals surface area contributed by atoms with Crippen molar-refractivity contribution in [3.05, 3.63) is 29.3 Å². The predicted molar refractivity (Wildman–Crippen MR) is 81.7 cm³/mol. The molecule has 0 bridgehead atoms. The Balaban J connectivity index is 1.65. The third kappa shape index (κ3) is 4.49. The summed E-state index contributed by atoms with van der Waals surface area (Å²) in [5.41, 5.74) is 0. The molecule has 1 aliphatic heterocycles. The van der Waals surface area contributed by atoms with Crippen molar-refractivity contribution >= 4 is 23.4 Å². The zero-order valence-corrected chi connectivity index (χ0v) is 12.6. The van der Waals surface area contributed by atoms with Gasteiger partial charge in [-0.15, -0.1) is 11.8 Å². The Bertz CT molecular complexity index is 352. The van der Waals surface area contributed by atoms with Crippen LogP contribution in [0.4, 0.5) is 0 Å². The summed E-state index contributed by atoms with van der Waals surface area (Å²) >= 11 is 7.81. The Kier molecular flexibility index (Phi) is 5.87. The predicted octanol–water partition coefficient (Wildman–Crippen LogP) is 4.70. The van der Waals surface area contributed by atoms with E-state index in [9.17, 15) is 0 Å². The molecule has 1 aromatic rings. The zero-order chi connectivity index (χ0) is 12.8. The summed E-state index contributed by atoms with van der Waals surface area (Å²) in [4.78, 5) is 3.97. The molecular formula is C15H22ClNS. The van der Waals surface area contributed by atoms with Gasteiger partial charge in [-0.3, -0.25) is 0 Å². The Morgan fingerprint density at radius 3 is 2.78 bits per heavy atom. The van der Waals surface area contributed by atoms with Crippen LogP contribution in [0.2, 0.25) is 5.02 Å². The molecule has 3 heteroatoms. The molecule has 0 aromatic heterocycles. The van der Waals surface area contributed by atoms with Crippen molar-refractivity contribution in [3.8, 4) is 0 Å². The summed E-state index contributed by atoms with van der Waals surface area (Å²) in [5.74, 6) is 1.20. The first-order valence-corrected chi connectivity index (χ1v) is 8.24. The molecule has 0 saturated carbocycles. The molecule has 1 aliphatic rings. The van der Waals surface area contributed by atoms with Gasteiger partial charge in [0.25, 0.3) is 0 Å². The highest BCUT2D eigenvalue weighted by atomic mass is 35.5. The number of nitrogens with zero attached hydrogens (tertiary/aromatic N) is 1. The maximum atomic E-state index is 5.87. The van der Waals surface area contributed by atoms with Crippen LogP contribution < -0.4 is 0 Å². The Morgan fingerprint density at radius 2 is 2.06 bits per heavy atom. The first-order chi connectivity index (χ1) is 8.75. The normalized spacial score (nSPS) is 21.1. The van der Waals surface area contributed by atoms with Crippen molar-refractivity contribution in [1.82, 2.24) is 4.90 Å². The fraction of sp³-hybridized carbons (Fsp3) is 0.600. The lowest BCUT2D eigenvalue weighted by Gasteiger charge is -2.33. The maximum Gasteiger partial charge on any atom is 0.0406 e. The number of likely N-dealkylation sites (tertiary alicyclic amines) is 1. The molecule has 1 atom stereocenters. The van der Waals surface area contributed by atoms with Crippen LogP contribution in [0.3, 0.4) is 0 Å². The van der Waals surface area contributed by atoms with Crippen molar-refractivity contribution in [1.29, 1.82) is 0 Å². The van der Waals surface area contributed by atoms with E-state index in [2.05, 4.69) is 24.0 Å². The average molecular weight is 284 g/mol. The average Bonchev–Trinajstić information content (AvgIpc) is 2.39. The minimum absolute atomic E-state index is 0.791. The maximum absolute atomic E-state index is 5.87. The smallest absolute Gasteiger partial charge is 0.0406 e. The third-order valence-corrected chi connectivity index (χ3v) is 4.96. The van der Waals surface area contributed by atoms with Gasteiger partial charge in [0.2, 0.25) is 0 Å². The summed E-state index contributed by atoms with van der Waals surface area (Å²) in [6, 6.07) is 8.94. The summed E-state index contributed by atoms with van der Waals surface area (Å²) in [6.45, 7) is 4.92. The highest BCUT2D eigenvalue weighted by Gasteiger charge is 2.16.